The van der Waals surface area contributed by atoms with Gasteiger partial charge >= 0.3 is 0 Å². The van der Waals surface area contributed by atoms with Crippen molar-refractivity contribution in [2.24, 2.45) is 5.92 Å². The fourth-order valence-electron chi connectivity index (χ4n) is 2.36. The lowest BCUT2D eigenvalue weighted by atomic mass is 9.99. The third-order valence-corrected chi connectivity index (χ3v) is 3.20. The van der Waals surface area contributed by atoms with Gasteiger partial charge in [0.05, 0.1) is 12.3 Å². The number of carbonyl (C=O) groups is 1. The monoisotopic (exact) mass is 249 g/mol. The Kier molecular flexibility index (Phi) is 4.15. The van der Waals surface area contributed by atoms with Crippen LogP contribution in [-0.4, -0.2) is 42.6 Å². The minimum absolute atomic E-state index is 0.217. The predicted octanol–water partition coefficient (Wildman–Crippen LogP) is 0.701. The summed E-state index contributed by atoms with van der Waals surface area (Å²) in [5, 5.41) is 0. The lowest BCUT2D eigenvalue weighted by Gasteiger charge is -2.15. The van der Waals surface area contributed by atoms with E-state index in [2.05, 4.69) is 4.98 Å². The molecule has 98 valence electrons. The zero-order valence-corrected chi connectivity index (χ0v) is 10.6. The highest BCUT2D eigenvalue weighted by molar-refractivity contribution is 5.78. The smallest absolute Gasteiger partial charge is 0.223 e. The molecule has 5 heteroatoms. The van der Waals surface area contributed by atoms with Crippen molar-refractivity contribution in [3.8, 4) is 0 Å². The summed E-state index contributed by atoms with van der Waals surface area (Å²) in [5.74, 6) is 0.576. The summed E-state index contributed by atoms with van der Waals surface area (Å²) < 4.78 is 5.00. The van der Waals surface area contributed by atoms with E-state index in [9.17, 15) is 4.79 Å². The fourth-order valence-corrected chi connectivity index (χ4v) is 2.36. The number of carbonyl (C=O) groups excluding carboxylic acids is 1. The molecule has 1 fully saturated rings. The molecule has 1 aliphatic rings. The van der Waals surface area contributed by atoms with E-state index in [1.165, 1.54) is 0 Å². The molecule has 0 spiro atoms. The first-order valence-electron chi connectivity index (χ1n) is 6.15. The summed E-state index contributed by atoms with van der Waals surface area (Å²) in [7, 11) is 1.65. The van der Waals surface area contributed by atoms with Crippen LogP contribution in [0.3, 0.4) is 0 Å². The van der Waals surface area contributed by atoms with E-state index in [0.717, 1.165) is 18.5 Å². The number of amides is 1. The van der Waals surface area contributed by atoms with Crippen LogP contribution in [-0.2, 0) is 16.0 Å². The molecule has 0 aromatic carbocycles. The Morgan fingerprint density at radius 1 is 1.56 bits per heavy atom. The standard InChI is InChI=1S/C13H19N3O2/c1-18-3-2-16-9-11(6-13(16)17)4-10-5-12(14)8-15-7-10/h5,7-8,11H,2-4,6,9,14H2,1H3/t11-/m1/s1. The predicted molar refractivity (Wildman–Crippen MR) is 68.9 cm³/mol. The van der Waals surface area contributed by atoms with Crippen molar-refractivity contribution in [3.05, 3.63) is 24.0 Å². The van der Waals surface area contributed by atoms with Crippen molar-refractivity contribution >= 4 is 11.6 Å². The van der Waals surface area contributed by atoms with Gasteiger partial charge in [-0.2, -0.15) is 0 Å². The summed E-state index contributed by atoms with van der Waals surface area (Å²) in [6.45, 7) is 2.08. The van der Waals surface area contributed by atoms with E-state index in [0.29, 0.717) is 31.2 Å². The van der Waals surface area contributed by atoms with E-state index in [1.54, 1.807) is 13.3 Å². The first-order valence-corrected chi connectivity index (χ1v) is 6.15. The lowest BCUT2D eigenvalue weighted by molar-refractivity contribution is -0.128. The van der Waals surface area contributed by atoms with Gasteiger partial charge in [-0.3, -0.25) is 9.78 Å². The third-order valence-electron chi connectivity index (χ3n) is 3.20. The second-order valence-corrected chi connectivity index (χ2v) is 4.73. The van der Waals surface area contributed by atoms with E-state index < -0.39 is 0 Å². The summed E-state index contributed by atoms with van der Waals surface area (Å²) in [6.07, 6.45) is 4.92. The summed E-state index contributed by atoms with van der Waals surface area (Å²) in [6, 6.07) is 1.93. The van der Waals surface area contributed by atoms with Crippen LogP contribution in [0.5, 0.6) is 0 Å². The number of anilines is 1. The lowest BCUT2D eigenvalue weighted by Crippen LogP contribution is -2.28. The maximum atomic E-state index is 11.8. The number of likely N-dealkylation sites (tertiary alicyclic amines) is 1. The van der Waals surface area contributed by atoms with Gasteiger partial charge in [-0.25, -0.2) is 0 Å². The number of nitrogens with zero attached hydrogens (tertiary/aromatic N) is 2. The van der Waals surface area contributed by atoms with Gasteiger partial charge in [0.25, 0.3) is 0 Å². The number of nitrogen functional groups attached to an aromatic ring is 1. The molecule has 1 saturated heterocycles. The first-order chi connectivity index (χ1) is 8.69. The van der Waals surface area contributed by atoms with Crippen LogP contribution >= 0.6 is 0 Å². The molecule has 1 atom stereocenters. The summed E-state index contributed by atoms with van der Waals surface area (Å²) in [5.41, 5.74) is 7.47. The van der Waals surface area contributed by atoms with Gasteiger partial charge in [-0.1, -0.05) is 0 Å². The number of methoxy groups -OCH3 is 1. The van der Waals surface area contributed by atoms with Gasteiger partial charge in [0, 0.05) is 39.0 Å². The normalized spacial score (nSPS) is 19.5. The number of nitrogens with two attached hydrogens (primary N) is 1. The second kappa shape index (κ2) is 5.82. The second-order valence-electron chi connectivity index (χ2n) is 4.73. The molecule has 2 N–H and O–H groups in total. The molecule has 18 heavy (non-hydrogen) atoms. The quantitative estimate of drug-likeness (QED) is 0.834. The fraction of sp³-hybridized carbons (Fsp3) is 0.538. The molecule has 1 aliphatic heterocycles. The van der Waals surface area contributed by atoms with Crippen molar-refractivity contribution in [2.45, 2.75) is 12.8 Å². The number of pyridine rings is 1. The van der Waals surface area contributed by atoms with Crippen LogP contribution in [0.15, 0.2) is 18.5 Å². The van der Waals surface area contributed by atoms with Crippen molar-refractivity contribution in [1.29, 1.82) is 0 Å². The topological polar surface area (TPSA) is 68.4 Å². The van der Waals surface area contributed by atoms with E-state index >= 15 is 0 Å². The average Bonchev–Trinajstić information content (AvgIpc) is 2.67. The molecule has 1 aromatic heterocycles. The molecule has 0 radical (unpaired) electrons. The molecule has 0 saturated carbocycles. The number of aromatic nitrogens is 1. The van der Waals surface area contributed by atoms with E-state index in [1.807, 2.05) is 17.2 Å². The van der Waals surface area contributed by atoms with Crippen LogP contribution < -0.4 is 5.73 Å². The third kappa shape index (κ3) is 3.20. The van der Waals surface area contributed by atoms with E-state index in [-0.39, 0.29) is 5.91 Å². The summed E-state index contributed by atoms with van der Waals surface area (Å²) in [4.78, 5) is 17.7. The van der Waals surface area contributed by atoms with Crippen molar-refractivity contribution in [1.82, 2.24) is 9.88 Å². The van der Waals surface area contributed by atoms with Crippen LogP contribution in [0, 0.1) is 5.92 Å². The molecule has 0 aliphatic carbocycles. The molecular weight excluding hydrogens is 230 g/mol. The van der Waals surface area contributed by atoms with Gasteiger partial charge in [0.15, 0.2) is 0 Å². The molecule has 2 rings (SSSR count). The van der Waals surface area contributed by atoms with Crippen LogP contribution in [0.1, 0.15) is 12.0 Å². The van der Waals surface area contributed by atoms with Crippen molar-refractivity contribution in [3.63, 3.8) is 0 Å². The van der Waals surface area contributed by atoms with Crippen LogP contribution in [0.2, 0.25) is 0 Å². The number of hydrogen-bond acceptors (Lipinski definition) is 4. The molecule has 1 amide bonds. The Bertz CT molecular complexity index is 422. The Labute approximate surface area is 107 Å². The molecule has 0 bridgehead atoms. The van der Waals surface area contributed by atoms with Crippen molar-refractivity contribution in [2.75, 3.05) is 32.5 Å². The number of hydrogen-bond donors (Lipinski definition) is 1. The largest absolute Gasteiger partial charge is 0.397 e. The maximum absolute atomic E-state index is 11.8. The Morgan fingerprint density at radius 2 is 2.39 bits per heavy atom. The van der Waals surface area contributed by atoms with Gasteiger partial charge in [0.2, 0.25) is 5.91 Å². The molecule has 1 aromatic rings. The minimum atomic E-state index is 0.217. The van der Waals surface area contributed by atoms with Crippen molar-refractivity contribution < 1.29 is 9.53 Å². The van der Waals surface area contributed by atoms with Gasteiger partial charge in [-0.05, 0) is 24.0 Å². The maximum Gasteiger partial charge on any atom is 0.223 e. The highest BCUT2D eigenvalue weighted by Crippen LogP contribution is 2.22. The molecular formula is C13H19N3O2. The Morgan fingerprint density at radius 3 is 3.11 bits per heavy atom. The average molecular weight is 249 g/mol. The van der Waals surface area contributed by atoms with Crippen LogP contribution in [0.4, 0.5) is 5.69 Å². The van der Waals surface area contributed by atoms with Gasteiger partial charge in [0.1, 0.15) is 0 Å². The molecule has 0 unspecified atom stereocenters. The first kappa shape index (κ1) is 12.8. The Hall–Kier alpha value is -1.62. The number of rotatable bonds is 5. The highest BCUT2D eigenvalue weighted by Gasteiger charge is 2.29. The molecule has 5 nitrogen and oxygen atoms in total. The Balaban J connectivity index is 1.90. The zero-order valence-electron chi connectivity index (χ0n) is 10.6. The van der Waals surface area contributed by atoms with Gasteiger partial charge < -0.3 is 15.4 Å². The van der Waals surface area contributed by atoms with E-state index in [4.69, 9.17) is 10.5 Å². The number of ether oxygens (including phenoxy) is 1. The summed E-state index contributed by atoms with van der Waals surface area (Å²) >= 11 is 0. The minimum Gasteiger partial charge on any atom is -0.397 e. The zero-order chi connectivity index (χ0) is 13.0. The molecule has 2 heterocycles. The SMILES string of the molecule is COCCN1C[C@H](Cc2cncc(N)c2)CC1=O. The van der Waals surface area contributed by atoms with Gasteiger partial charge in [-0.15, -0.1) is 0 Å². The van der Waals surface area contributed by atoms with Crippen LogP contribution in [0.25, 0.3) is 0 Å². The highest BCUT2D eigenvalue weighted by atomic mass is 16.5.